The molecule has 0 aliphatic heterocycles. The standard InChI is InChI=1S/C23H33N3O2S/c1-14-10-15(2)25-23(28)19(14)12-24-22(27)20-13-29-21(16(20)3)11-17-6-8-18(9-7-17)26(4)5/h10,13,17-18H,6-9,11-12H2,1-5H3,(H,24,27)(H,25,28)/t17-,18-. The summed E-state index contributed by atoms with van der Waals surface area (Å²) in [4.78, 5) is 31.4. The largest absolute Gasteiger partial charge is 0.348 e. The van der Waals surface area contributed by atoms with Crippen LogP contribution in [0.4, 0.5) is 0 Å². The lowest BCUT2D eigenvalue weighted by Crippen LogP contribution is -2.32. The Kier molecular flexibility index (Phi) is 6.96. The van der Waals surface area contributed by atoms with Crippen molar-refractivity contribution < 1.29 is 4.79 Å². The number of carbonyl (C=O) groups is 1. The van der Waals surface area contributed by atoms with E-state index in [4.69, 9.17) is 0 Å². The number of hydrogen-bond donors (Lipinski definition) is 2. The van der Waals surface area contributed by atoms with Crippen LogP contribution >= 0.6 is 11.3 Å². The minimum atomic E-state index is -0.126. The molecule has 1 saturated carbocycles. The van der Waals surface area contributed by atoms with Gasteiger partial charge in [0.25, 0.3) is 11.5 Å². The molecule has 5 nitrogen and oxygen atoms in total. The molecule has 2 aromatic rings. The molecule has 0 bridgehead atoms. The molecule has 0 saturated heterocycles. The molecule has 2 aromatic heterocycles. The summed E-state index contributed by atoms with van der Waals surface area (Å²) in [7, 11) is 4.34. The topological polar surface area (TPSA) is 65.2 Å². The van der Waals surface area contributed by atoms with E-state index in [9.17, 15) is 9.59 Å². The van der Waals surface area contributed by atoms with Crippen LogP contribution < -0.4 is 10.9 Å². The molecule has 1 aliphatic rings. The van der Waals surface area contributed by atoms with Crippen LogP contribution in [0.3, 0.4) is 0 Å². The highest BCUT2D eigenvalue weighted by atomic mass is 32.1. The molecule has 0 radical (unpaired) electrons. The first-order chi connectivity index (χ1) is 13.8. The highest BCUT2D eigenvalue weighted by molar-refractivity contribution is 7.10. The van der Waals surface area contributed by atoms with Crippen molar-refractivity contribution in [1.29, 1.82) is 0 Å². The van der Waals surface area contributed by atoms with E-state index >= 15 is 0 Å². The van der Waals surface area contributed by atoms with Crippen LogP contribution in [-0.4, -0.2) is 35.9 Å². The van der Waals surface area contributed by atoms with Crippen LogP contribution in [0.5, 0.6) is 0 Å². The van der Waals surface area contributed by atoms with Crippen molar-refractivity contribution in [2.75, 3.05) is 14.1 Å². The molecule has 2 N–H and O–H groups in total. The fraction of sp³-hybridized carbons (Fsp3) is 0.565. The molecule has 0 atom stereocenters. The molecule has 29 heavy (non-hydrogen) atoms. The third-order valence-electron chi connectivity index (χ3n) is 6.33. The van der Waals surface area contributed by atoms with Gasteiger partial charge < -0.3 is 15.2 Å². The number of pyridine rings is 1. The van der Waals surface area contributed by atoms with Gasteiger partial charge in [0.2, 0.25) is 0 Å². The van der Waals surface area contributed by atoms with Crippen LogP contribution in [0, 0.1) is 26.7 Å². The minimum absolute atomic E-state index is 0.0966. The van der Waals surface area contributed by atoms with Crippen molar-refractivity contribution >= 4 is 17.2 Å². The van der Waals surface area contributed by atoms with E-state index in [-0.39, 0.29) is 18.0 Å². The Morgan fingerprint density at radius 2 is 1.90 bits per heavy atom. The van der Waals surface area contributed by atoms with Gasteiger partial charge in [-0.15, -0.1) is 11.3 Å². The normalized spacial score (nSPS) is 19.5. The molecule has 0 unspecified atom stereocenters. The zero-order chi connectivity index (χ0) is 21.1. The van der Waals surface area contributed by atoms with E-state index in [1.807, 2.05) is 25.3 Å². The fourth-order valence-corrected chi connectivity index (χ4v) is 5.54. The van der Waals surface area contributed by atoms with Crippen molar-refractivity contribution in [2.24, 2.45) is 5.92 Å². The minimum Gasteiger partial charge on any atom is -0.348 e. The van der Waals surface area contributed by atoms with Gasteiger partial charge in [-0.2, -0.15) is 0 Å². The summed E-state index contributed by atoms with van der Waals surface area (Å²) in [6, 6.07) is 2.65. The Morgan fingerprint density at radius 3 is 2.52 bits per heavy atom. The average molecular weight is 416 g/mol. The number of H-pyrrole nitrogens is 1. The number of hydrogen-bond acceptors (Lipinski definition) is 4. The van der Waals surface area contributed by atoms with Gasteiger partial charge in [0, 0.05) is 34.1 Å². The third-order valence-corrected chi connectivity index (χ3v) is 7.44. The number of aryl methyl sites for hydroxylation is 2. The van der Waals surface area contributed by atoms with E-state index < -0.39 is 0 Å². The summed E-state index contributed by atoms with van der Waals surface area (Å²) in [5.74, 6) is 0.619. The molecule has 0 spiro atoms. The van der Waals surface area contributed by atoms with E-state index in [0.717, 1.165) is 28.8 Å². The molecule has 6 heteroatoms. The van der Waals surface area contributed by atoms with Gasteiger partial charge in [0.05, 0.1) is 5.56 Å². The molecule has 1 fully saturated rings. The summed E-state index contributed by atoms with van der Waals surface area (Å²) >= 11 is 1.70. The monoisotopic (exact) mass is 415 g/mol. The smallest absolute Gasteiger partial charge is 0.253 e. The second-order valence-electron chi connectivity index (χ2n) is 8.67. The van der Waals surface area contributed by atoms with Crippen LogP contribution in [0.25, 0.3) is 0 Å². The summed E-state index contributed by atoms with van der Waals surface area (Å²) < 4.78 is 0. The Morgan fingerprint density at radius 1 is 1.21 bits per heavy atom. The molecule has 3 rings (SSSR count). The van der Waals surface area contributed by atoms with Crippen molar-refractivity contribution in [3.8, 4) is 0 Å². The van der Waals surface area contributed by atoms with Crippen molar-refractivity contribution in [3.63, 3.8) is 0 Å². The first-order valence-corrected chi connectivity index (χ1v) is 11.3. The Hall–Kier alpha value is -1.92. The maximum atomic E-state index is 12.7. The maximum absolute atomic E-state index is 12.7. The lowest BCUT2D eigenvalue weighted by molar-refractivity contribution is 0.0950. The molecular formula is C23H33N3O2S. The molecule has 158 valence electrons. The van der Waals surface area contributed by atoms with Gasteiger partial charge in [0.15, 0.2) is 0 Å². The van der Waals surface area contributed by atoms with Gasteiger partial charge in [-0.3, -0.25) is 9.59 Å². The Labute approximate surface area is 177 Å². The number of aromatic nitrogens is 1. The first-order valence-electron chi connectivity index (χ1n) is 10.5. The summed E-state index contributed by atoms with van der Waals surface area (Å²) in [5, 5.41) is 4.90. The van der Waals surface area contributed by atoms with Gasteiger partial charge in [-0.05, 0) is 90.1 Å². The zero-order valence-corrected chi connectivity index (χ0v) is 19.0. The number of amides is 1. The lowest BCUT2D eigenvalue weighted by Gasteiger charge is -2.32. The number of rotatable bonds is 6. The lowest BCUT2D eigenvalue weighted by atomic mass is 9.83. The number of nitrogens with zero attached hydrogens (tertiary/aromatic N) is 1. The van der Waals surface area contributed by atoms with E-state index in [2.05, 4.69) is 36.2 Å². The highest BCUT2D eigenvalue weighted by Gasteiger charge is 2.24. The zero-order valence-electron chi connectivity index (χ0n) is 18.2. The van der Waals surface area contributed by atoms with Crippen LogP contribution in [-0.2, 0) is 13.0 Å². The molecular weight excluding hydrogens is 382 g/mol. The Bertz CT molecular complexity index is 921. The van der Waals surface area contributed by atoms with Crippen LogP contribution in [0.15, 0.2) is 16.2 Å². The number of carbonyl (C=O) groups excluding carboxylic acids is 1. The first kappa shape index (κ1) is 21.8. The highest BCUT2D eigenvalue weighted by Crippen LogP contribution is 2.32. The van der Waals surface area contributed by atoms with Gasteiger partial charge >= 0.3 is 0 Å². The predicted molar refractivity (Wildman–Crippen MR) is 120 cm³/mol. The second kappa shape index (κ2) is 9.26. The SMILES string of the molecule is Cc1cc(C)c(CNC(=O)c2csc(C[C@H]3CC[C@H](N(C)C)CC3)c2C)c(=O)[nH]1. The van der Waals surface area contributed by atoms with Crippen molar-refractivity contribution in [2.45, 2.75) is 65.5 Å². The molecule has 1 aliphatic carbocycles. The third kappa shape index (κ3) is 5.17. The average Bonchev–Trinajstić information content (AvgIpc) is 3.01. The van der Waals surface area contributed by atoms with E-state index in [1.165, 1.54) is 30.6 Å². The number of aromatic amines is 1. The molecule has 1 amide bonds. The summed E-state index contributed by atoms with van der Waals surface area (Å²) in [6.45, 7) is 6.07. The van der Waals surface area contributed by atoms with Gasteiger partial charge in [0.1, 0.15) is 0 Å². The Balaban J connectivity index is 1.60. The molecule has 2 heterocycles. The predicted octanol–water partition coefficient (Wildman–Crippen LogP) is 3.95. The van der Waals surface area contributed by atoms with Crippen LogP contribution in [0.2, 0.25) is 0 Å². The maximum Gasteiger partial charge on any atom is 0.253 e. The summed E-state index contributed by atoms with van der Waals surface area (Å²) in [6.07, 6.45) is 6.12. The van der Waals surface area contributed by atoms with Crippen molar-refractivity contribution in [1.82, 2.24) is 15.2 Å². The number of nitrogens with one attached hydrogen (secondary N) is 2. The van der Waals surface area contributed by atoms with Crippen molar-refractivity contribution in [3.05, 3.63) is 54.6 Å². The van der Waals surface area contributed by atoms with E-state index in [0.29, 0.717) is 17.5 Å². The summed E-state index contributed by atoms with van der Waals surface area (Å²) in [5.41, 5.74) is 4.07. The second-order valence-corrected chi connectivity index (χ2v) is 9.63. The fourth-order valence-electron chi connectivity index (χ4n) is 4.37. The van der Waals surface area contributed by atoms with Gasteiger partial charge in [-0.25, -0.2) is 0 Å². The number of thiophene rings is 1. The van der Waals surface area contributed by atoms with E-state index in [1.54, 1.807) is 11.3 Å². The van der Waals surface area contributed by atoms with Crippen LogP contribution in [0.1, 0.15) is 63.3 Å². The van der Waals surface area contributed by atoms with Gasteiger partial charge in [-0.1, -0.05) is 0 Å². The quantitative estimate of drug-likeness (QED) is 0.751. The molecule has 0 aromatic carbocycles.